The van der Waals surface area contributed by atoms with Gasteiger partial charge in [0.25, 0.3) is 0 Å². The average Bonchev–Trinajstić information content (AvgIpc) is 2.18. The standard InChI is InChI=1S/C9H10BrNO2/c1-2-13-9(12)8-3-7(4-10)5-11-6-8/h3,5-6H,2,4H2,1H3. The molecule has 0 amide bonds. The predicted octanol–water partition coefficient (Wildman–Crippen LogP) is 2.15. The molecule has 0 radical (unpaired) electrons. The molecule has 0 N–H and O–H groups in total. The Bertz CT molecular complexity index is 301. The fourth-order valence-electron chi connectivity index (χ4n) is 0.887. The van der Waals surface area contributed by atoms with Crippen molar-refractivity contribution >= 4 is 21.9 Å². The van der Waals surface area contributed by atoms with Gasteiger partial charge in [0.2, 0.25) is 0 Å². The summed E-state index contributed by atoms with van der Waals surface area (Å²) in [4.78, 5) is 15.2. The van der Waals surface area contributed by atoms with Gasteiger partial charge in [-0.15, -0.1) is 0 Å². The lowest BCUT2D eigenvalue weighted by molar-refractivity contribution is 0.0526. The lowest BCUT2D eigenvalue weighted by Crippen LogP contribution is -2.05. The minimum Gasteiger partial charge on any atom is -0.462 e. The van der Waals surface area contributed by atoms with Crippen LogP contribution in [0.3, 0.4) is 0 Å². The van der Waals surface area contributed by atoms with E-state index in [2.05, 4.69) is 20.9 Å². The summed E-state index contributed by atoms with van der Waals surface area (Å²) < 4.78 is 4.83. The van der Waals surface area contributed by atoms with Crippen LogP contribution in [0.25, 0.3) is 0 Å². The number of pyridine rings is 1. The number of hydrogen-bond acceptors (Lipinski definition) is 3. The second-order valence-electron chi connectivity index (χ2n) is 2.44. The maximum Gasteiger partial charge on any atom is 0.339 e. The number of aromatic nitrogens is 1. The molecule has 1 heterocycles. The van der Waals surface area contributed by atoms with Crippen LogP contribution in [-0.4, -0.2) is 17.6 Å². The van der Waals surface area contributed by atoms with Gasteiger partial charge in [-0.25, -0.2) is 4.79 Å². The van der Waals surface area contributed by atoms with Gasteiger partial charge in [0.05, 0.1) is 12.2 Å². The van der Waals surface area contributed by atoms with Crippen molar-refractivity contribution in [3.63, 3.8) is 0 Å². The van der Waals surface area contributed by atoms with E-state index >= 15 is 0 Å². The molecule has 4 heteroatoms. The summed E-state index contributed by atoms with van der Waals surface area (Å²) in [6.45, 7) is 2.16. The number of alkyl halides is 1. The third-order valence-electron chi connectivity index (χ3n) is 1.46. The quantitative estimate of drug-likeness (QED) is 0.604. The van der Waals surface area contributed by atoms with Crippen LogP contribution in [0.2, 0.25) is 0 Å². The van der Waals surface area contributed by atoms with Crippen LogP contribution >= 0.6 is 15.9 Å². The van der Waals surface area contributed by atoms with Gasteiger partial charge < -0.3 is 4.74 Å². The molecule has 1 aromatic heterocycles. The summed E-state index contributed by atoms with van der Waals surface area (Å²) in [5.41, 5.74) is 1.46. The lowest BCUT2D eigenvalue weighted by Gasteiger charge is -2.01. The van der Waals surface area contributed by atoms with E-state index in [9.17, 15) is 4.79 Å². The molecule has 13 heavy (non-hydrogen) atoms. The maximum atomic E-state index is 11.2. The Morgan fingerprint density at radius 1 is 1.62 bits per heavy atom. The van der Waals surface area contributed by atoms with Crippen molar-refractivity contribution in [1.82, 2.24) is 4.98 Å². The molecule has 1 rings (SSSR count). The molecule has 1 aromatic rings. The summed E-state index contributed by atoms with van der Waals surface area (Å²) in [5, 5.41) is 0.688. The van der Waals surface area contributed by atoms with Crippen molar-refractivity contribution < 1.29 is 9.53 Å². The monoisotopic (exact) mass is 243 g/mol. The predicted molar refractivity (Wildman–Crippen MR) is 52.8 cm³/mol. The van der Waals surface area contributed by atoms with Gasteiger partial charge in [0.1, 0.15) is 0 Å². The van der Waals surface area contributed by atoms with Crippen LogP contribution in [0.5, 0.6) is 0 Å². The first kappa shape index (κ1) is 10.2. The zero-order valence-electron chi connectivity index (χ0n) is 7.29. The molecular weight excluding hydrogens is 234 g/mol. The van der Waals surface area contributed by atoms with E-state index < -0.39 is 0 Å². The highest BCUT2D eigenvalue weighted by atomic mass is 79.9. The Morgan fingerprint density at radius 3 is 3.00 bits per heavy atom. The molecule has 0 spiro atoms. The second-order valence-corrected chi connectivity index (χ2v) is 3.00. The SMILES string of the molecule is CCOC(=O)c1cncc(CBr)c1. The van der Waals surface area contributed by atoms with Crippen molar-refractivity contribution in [2.75, 3.05) is 6.61 Å². The number of rotatable bonds is 3. The fraction of sp³-hybridized carbons (Fsp3) is 0.333. The second kappa shape index (κ2) is 4.97. The Morgan fingerprint density at radius 2 is 2.38 bits per heavy atom. The Labute approximate surface area is 85.3 Å². The van der Waals surface area contributed by atoms with Crippen molar-refractivity contribution in [2.24, 2.45) is 0 Å². The first-order valence-electron chi connectivity index (χ1n) is 3.95. The summed E-state index contributed by atoms with van der Waals surface area (Å²) in [6, 6.07) is 1.76. The summed E-state index contributed by atoms with van der Waals surface area (Å²) in [7, 11) is 0. The molecular formula is C9H10BrNO2. The minimum absolute atomic E-state index is 0.321. The molecule has 0 saturated carbocycles. The molecule has 70 valence electrons. The van der Waals surface area contributed by atoms with E-state index in [1.807, 2.05) is 0 Å². The van der Waals surface area contributed by atoms with Crippen molar-refractivity contribution in [1.29, 1.82) is 0 Å². The number of carbonyl (C=O) groups excluding carboxylic acids is 1. The summed E-state index contributed by atoms with van der Waals surface area (Å²) >= 11 is 3.29. The summed E-state index contributed by atoms with van der Waals surface area (Å²) in [5.74, 6) is -0.321. The molecule has 0 unspecified atom stereocenters. The molecule has 0 aliphatic heterocycles. The Kier molecular flexibility index (Phi) is 3.89. The van der Waals surface area contributed by atoms with Crippen LogP contribution in [-0.2, 0) is 10.1 Å². The molecule has 0 aliphatic rings. The maximum absolute atomic E-state index is 11.2. The fourth-order valence-corrected chi connectivity index (χ4v) is 1.19. The van der Waals surface area contributed by atoms with E-state index in [-0.39, 0.29) is 5.97 Å². The van der Waals surface area contributed by atoms with Crippen LogP contribution < -0.4 is 0 Å². The highest BCUT2D eigenvalue weighted by Crippen LogP contribution is 2.07. The summed E-state index contributed by atoms with van der Waals surface area (Å²) in [6.07, 6.45) is 3.21. The Hall–Kier alpha value is -0.900. The third-order valence-corrected chi connectivity index (χ3v) is 2.11. The average molecular weight is 244 g/mol. The van der Waals surface area contributed by atoms with Gasteiger partial charge in [-0.05, 0) is 18.6 Å². The van der Waals surface area contributed by atoms with E-state index in [4.69, 9.17) is 4.74 Å². The minimum atomic E-state index is -0.321. The molecule has 3 nitrogen and oxygen atoms in total. The zero-order valence-corrected chi connectivity index (χ0v) is 8.87. The highest BCUT2D eigenvalue weighted by molar-refractivity contribution is 9.08. The van der Waals surface area contributed by atoms with E-state index in [0.717, 1.165) is 5.56 Å². The number of halogens is 1. The molecule has 0 saturated heterocycles. The largest absolute Gasteiger partial charge is 0.462 e. The molecule has 0 bridgehead atoms. The highest BCUT2D eigenvalue weighted by Gasteiger charge is 2.06. The Balaban J connectivity index is 2.82. The first-order valence-corrected chi connectivity index (χ1v) is 5.07. The molecule has 0 fully saturated rings. The van der Waals surface area contributed by atoms with E-state index in [1.165, 1.54) is 6.20 Å². The number of carbonyl (C=O) groups is 1. The smallest absolute Gasteiger partial charge is 0.339 e. The molecule has 0 aliphatic carbocycles. The van der Waals surface area contributed by atoms with E-state index in [0.29, 0.717) is 17.5 Å². The number of hydrogen-bond donors (Lipinski definition) is 0. The van der Waals surface area contributed by atoms with Gasteiger partial charge in [0, 0.05) is 17.7 Å². The number of nitrogens with zero attached hydrogens (tertiary/aromatic N) is 1. The van der Waals surface area contributed by atoms with Gasteiger partial charge in [-0.2, -0.15) is 0 Å². The van der Waals surface area contributed by atoms with Crippen LogP contribution in [0.15, 0.2) is 18.5 Å². The van der Waals surface area contributed by atoms with Crippen LogP contribution in [0, 0.1) is 0 Å². The first-order chi connectivity index (χ1) is 6.27. The third kappa shape index (κ3) is 2.81. The molecule has 0 aromatic carbocycles. The van der Waals surface area contributed by atoms with Gasteiger partial charge in [0.15, 0.2) is 0 Å². The van der Waals surface area contributed by atoms with Gasteiger partial charge in [-0.1, -0.05) is 15.9 Å². The molecule has 0 atom stereocenters. The van der Waals surface area contributed by atoms with Crippen molar-refractivity contribution in [3.8, 4) is 0 Å². The zero-order chi connectivity index (χ0) is 9.68. The van der Waals surface area contributed by atoms with Gasteiger partial charge in [-0.3, -0.25) is 4.98 Å². The number of esters is 1. The van der Waals surface area contributed by atoms with Crippen LogP contribution in [0.1, 0.15) is 22.8 Å². The lowest BCUT2D eigenvalue weighted by atomic mass is 10.2. The van der Waals surface area contributed by atoms with E-state index in [1.54, 1.807) is 19.2 Å². The van der Waals surface area contributed by atoms with Gasteiger partial charge >= 0.3 is 5.97 Å². The normalized spacial score (nSPS) is 9.69. The topological polar surface area (TPSA) is 39.2 Å². The van der Waals surface area contributed by atoms with Crippen LogP contribution in [0.4, 0.5) is 0 Å². The van der Waals surface area contributed by atoms with Crippen molar-refractivity contribution in [3.05, 3.63) is 29.6 Å². The van der Waals surface area contributed by atoms with Crippen molar-refractivity contribution in [2.45, 2.75) is 12.3 Å². The number of ether oxygens (including phenoxy) is 1.